The van der Waals surface area contributed by atoms with Crippen molar-refractivity contribution in [2.45, 2.75) is 40.7 Å². The molecule has 3 rings (SSSR count). The Bertz CT molecular complexity index is 1180. The second-order valence-electron chi connectivity index (χ2n) is 8.13. The molecule has 0 spiro atoms. The quantitative estimate of drug-likeness (QED) is 0.235. The Morgan fingerprint density at radius 1 is 1.20 bits per heavy atom. The monoisotopic (exact) mass is 482 g/mol. The molecule has 35 heavy (non-hydrogen) atoms. The molecule has 2 aromatic heterocycles. The molecule has 9 nitrogen and oxygen atoms in total. The topological polar surface area (TPSA) is 120 Å². The van der Waals surface area contributed by atoms with Crippen molar-refractivity contribution in [1.82, 2.24) is 14.9 Å². The maximum absolute atomic E-state index is 12.6. The molecule has 0 saturated heterocycles. The predicted octanol–water partition coefficient (Wildman–Crippen LogP) is 4.26. The van der Waals surface area contributed by atoms with Crippen LogP contribution in [0.2, 0.25) is 0 Å². The zero-order chi connectivity index (χ0) is 25.5. The maximum atomic E-state index is 12.6. The number of aryl methyl sites for hydroxylation is 1. The fraction of sp³-hybridized carbons (Fsp3) is 0.423. The summed E-state index contributed by atoms with van der Waals surface area (Å²) < 4.78 is 17.4. The Labute approximate surface area is 205 Å². The standard InChI is InChI=1S/C26H34N4O5/c1-6-30(7-2)11-12-34-18-13-20(23(27)22(31)14-18)17(5)35-24-19-10-9-16(4)29-25(19)28-15-21(24)26(32)33-8-3/h9-10,13-15,17,31H,6-8,11-12,27H2,1-5H3. The van der Waals surface area contributed by atoms with Gasteiger partial charge < -0.3 is 30.0 Å². The van der Waals surface area contributed by atoms with Crippen LogP contribution in [0.5, 0.6) is 17.2 Å². The lowest BCUT2D eigenvalue weighted by molar-refractivity contribution is 0.0519. The van der Waals surface area contributed by atoms with Crippen LogP contribution < -0.4 is 15.2 Å². The predicted molar refractivity (Wildman–Crippen MR) is 135 cm³/mol. The van der Waals surface area contributed by atoms with Gasteiger partial charge in [-0.25, -0.2) is 14.8 Å². The molecule has 0 bridgehead atoms. The van der Waals surface area contributed by atoms with E-state index in [2.05, 4.69) is 28.7 Å². The van der Waals surface area contributed by atoms with Crippen LogP contribution >= 0.6 is 0 Å². The molecule has 1 aromatic carbocycles. The van der Waals surface area contributed by atoms with Crippen molar-refractivity contribution in [3.05, 3.63) is 47.3 Å². The Morgan fingerprint density at radius 3 is 2.63 bits per heavy atom. The zero-order valence-electron chi connectivity index (χ0n) is 21.0. The highest BCUT2D eigenvalue weighted by Gasteiger charge is 2.23. The molecule has 0 aliphatic rings. The summed E-state index contributed by atoms with van der Waals surface area (Å²) in [6.07, 6.45) is 0.773. The number of phenolic OH excluding ortho intramolecular Hbond substituents is 1. The summed E-state index contributed by atoms with van der Waals surface area (Å²) in [5, 5.41) is 11.0. The van der Waals surface area contributed by atoms with E-state index in [-0.39, 0.29) is 23.6 Å². The van der Waals surface area contributed by atoms with Gasteiger partial charge in [0.15, 0.2) is 5.65 Å². The number of nitrogens with two attached hydrogens (primary N) is 1. The highest BCUT2D eigenvalue weighted by Crippen LogP contribution is 2.38. The lowest BCUT2D eigenvalue weighted by atomic mass is 10.1. The number of hydrogen-bond donors (Lipinski definition) is 2. The lowest BCUT2D eigenvalue weighted by Gasteiger charge is -2.22. The summed E-state index contributed by atoms with van der Waals surface area (Å²) in [5.74, 6) is 0.129. The molecule has 0 saturated carbocycles. The summed E-state index contributed by atoms with van der Waals surface area (Å²) in [4.78, 5) is 23.6. The first kappa shape index (κ1) is 26.0. The van der Waals surface area contributed by atoms with Crippen LogP contribution in [0, 0.1) is 6.92 Å². The fourth-order valence-corrected chi connectivity index (χ4v) is 3.75. The first-order valence-corrected chi connectivity index (χ1v) is 11.9. The summed E-state index contributed by atoms with van der Waals surface area (Å²) >= 11 is 0. The van der Waals surface area contributed by atoms with Crippen molar-refractivity contribution < 1.29 is 24.1 Å². The molecule has 188 valence electrons. The highest BCUT2D eigenvalue weighted by atomic mass is 16.5. The number of likely N-dealkylation sites (N-methyl/N-ethyl adjacent to an activating group) is 1. The second-order valence-corrected chi connectivity index (χ2v) is 8.13. The minimum absolute atomic E-state index is 0.0988. The SMILES string of the molecule is CCOC(=O)c1cnc2nc(C)ccc2c1OC(C)c1cc(OCCN(CC)CC)cc(O)c1N. The van der Waals surface area contributed by atoms with Gasteiger partial charge in [0.2, 0.25) is 0 Å². The Balaban J connectivity index is 1.94. The maximum Gasteiger partial charge on any atom is 0.343 e. The van der Waals surface area contributed by atoms with Crippen LogP contribution in [0.3, 0.4) is 0 Å². The number of fused-ring (bicyclic) bond motifs is 1. The van der Waals surface area contributed by atoms with Gasteiger partial charge in [-0.1, -0.05) is 13.8 Å². The first-order valence-electron chi connectivity index (χ1n) is 11.9. The molecule has 0 radical (unpaired) electrons. The van der Waals surface area contributed by atoms with E-state index in [1.807, 2.05) is 19.1 Å². The van der Waals surface area contributed by atoms with Gasteiger partial charge in [0.1, 0.15) is 35.5 Å². The van der Waals surface area contributed by atoms with Crippen molar-refractivity contribution in [2.24, 2.45) is 0 Å². The number of pyridine rings is 2. The van der Waals surface area contributed by atoms with E-state index in [0.29, 0.717) is 34.7 Å². The molecule has 9 heteroatoms. The number of carbonyl (C=O) groups excluding carboxylic acids is 1. The van der Waals surface area contributed by atoms with Gasteiger partial charge in [-0.15, -0.1) is 0 Å². The third-order valence-electron chi connectivity index (χ3n) is 5.78. The number of hydrogen-bond acceptors (Lipinski definition) is 9. The summed E-state index contributed by atoms with van der Waals surface area (Å²) in [5.41, 5.74) is 8.33. The number of rotatable bonds is 11. The molecule has 0 fully saturated rings. The number of phenols is 1. The number of esters is 1. The molecule has 3 N–H and O–H groups in total. The number of ether oxygens (including phenoxy) is 3. The van der Waals surface area contributed by atoms with E-state index < -0.39 is 12.1 Å². The van der Waals surface area contributed by atoms with E-state index in [1.165, 1.54) is 12.3 Å². The first-order chi connectivity index (χ1) is 16.8. The summed E-state index contributed by atoms with van der Waals surface area (Å²) in [6, 6.07) is 6.87. The van der Waals surface area contributed by atoms with E-state index in [0.717, 1.165) is 25.3 Å². The minimum Gasteiger partial charge on any atom is -0.506 e. The van der Waals surface area contributed by atoms with Crippen LogP contribution in [-0.4, -0.2) is 58.8 Å². The second kappa shape index (κ2) is 11.7. The van der Waals surface area contributed by atoms with Gasteiger partial charge in [-0.05, 0) is 52.1 Å². The van der Waals surface area contributed by atoms with Crippen LogP contribution in [0.1, 0.15) is 55.4 Å². The van der Waals surface area contributed by atoms with E-state index in [9.17, 15) is 9.90 Å². The highest BCUT2D eigenvalue weighted by molar-refractivity contribution is 5.98. The smallest absolute Gasteiger partial charge is 0.343 e. The zero-order valence-corrected chi connectivity index (χ0v) is 21.0. The van der Waals surface area contributed by atoms with Crippen LogP contribution in [0.25, 0.3) is 11.0 Å². The van der Waals surface area contributed by atoms with Gasteiger partial charge in [0.05, 0.1) is 17.7 Å². The molecule has 1 unspecified atom stereocenters. The Kier molecular flexibility index (Phi) is 8.70. The van der Waals surface area contributed by atoms with Crippen molar-refractivity contribution in [1.29, 1.82) is 0 Å². The molecule has 0 aliphatic heterocycles. The van der Waals surface area contributed by atoms with Gasteiger partial charge >= 0.3 is 5.97 Å². The third kappa shape index (κ3) is 6.10. The molecular weight excluding hydrogens is 448 g/mol. The average molecular weight is 483 g/mol. The van der Waals surface area contributed by atoms with Crippen LogP contribution in [0.4, 0.5) is 5.69 Å². The largest absolute Gasteiger partial charge is 0.506 e. The molecule has 0 amide bonds. The minimum atomic E-state index is -0.632. The molecule has 1 atom stereocenters. The number of nitrogens with zero attached hydrogens (tertiary/aromatic N) is 3. The van der Waals surface area contributed by atoms with Crippen molar-refractivity contribution in [2.75, 3.05) is 38.6 Å². The molecule has 0 aliphatic carbocycles. The number of aromatic nitrogens is 2. The Hall–Kier alpha value is -3.59. The number of benzene rings is 1. The van der Waals surface area contributed by atoms with Crippen LogP contribution in [-0.2, 0) is 4.74 Å². The third-order valence-corrected chi connectivity index (χ3v) is 5.78. The molecule has 3 aromatic rings. The summed E-state index contributed by atoms with van der Waals surface area (Å²) in [7, 11) is 0. The molecular formula is C26H34N4O5. The van der Waals surface area contributed by atoms with E-state index >= 15 is 0 Å². The van der Waals surface area contributed by atoms with Crippen LogP contribution in [0.15, 0.2) is 30.5 Å². The normalized spacial score (nSPS) is 12.1. The van der Waals surface area contributed by atoms with Gasteiger partial charge in [0.25, 0.3) is 0 Å². The summed E-state index contributed by atoms with van der Waals surface area (Å²) in [6.45, 7) is 12.9. The average Bonchev–Trinajstić information content (AvgIpc) is 2.83. The molecule has 2 heterocycles. The number of aromatic hydroxyl groups is 1. The Morgan fingerprint density at radius 2 is 1.94 bits per heavy atom. The van der Waals surface area contributed by atoms with Gasteiger partial charge in [0, 0.05) is 30.1 Å². The fourth-order valence-electron chi connectivity index (χ4n) is 3.75. The van der Waals surface area contributed by atoms with Gasteiger partial charge in [-0.3, -0.25) is 0 Å². The lowest BCUT2D eigenvalue weighted by Crippen LogP contribution is -2.27. The van der Waals surface area contributed by atoms with E-state index in [1.54, 1.807) is 19.9 Å². The van der Waals surface area contributed by atoms with Crippen molar-refractivity contribution in [3.8, 4) is 17.2 Å². The van der Waals surface area contributed by atoms with Crippen molar-refractivity contribution in [3.63, 3.8) is 0 Å². The number of anilines is 1. The van der Waals surface area contributed by atoms with Crippen molar-refractivity contribution >= 4 is 22.7 Å². The number of nitrogen functional groups attached to an aromatic ring is 1. The van der Waals surface area contributed by atoms with E-state index in [4.69, 9.17) is 19.9 Å². The number of carbonyl (C=O) groups is 1. The van der Waals surface area contributed by atoms with Gasteiger partial charge in [-0.2, -0.15) is 0 Å².